The molecule has 3 aromatic rings. The van der Waals surface area contributed by atoms with Crippen LogP contribution in [0, 0.1) is 5.92 Å². The average molecular weight is 458 g/mol. The molecule has 178 valence electrons. The number of carbonyl (C=O) groups is 1. The fraction of sp³-hybridized carbons (Fsp3) is 0.414. The van der Waals surface area contributed by atoms with E-state index in [1.54, 1.807) is 7.11 Å². The fourth-order valence-electron chi connectivity index (χ4n) is 5.72. The van der Waals surface area contributed by atoms with E-state index in [1.807, 2.05) is 26.0 Å². The molecule has 1 saturated heterocycles. The van der Waals surface area contributed by atoms with E-state index in [0.717, 1.165) is 38.2 Å². The van der Waals surface area contributed by atoms with Crippen molar-refractivity contribution in [1.82, 2.24) is 14.8 Å². The summed E-state index contributed by atoms with van der Waals surface area (Å²) in [4.78, 5) is 21.4. The van der Waals surface area contributed by atoms with Crippen molar-refractivity contribution >= 4 is 22.4 Å². The molecular weight excluding hydrogens is 422 g/mol. The van der Waals surface area contributed by atoms with Crippen molar-refractivity contribution < 1.29 is 9.53 Å². The van der Waals surface area contributed by atoms with Crippen LogP contribution in [-0.2, 0) is 17.8 Å². The van der Waals surface area contributed by atoms with E-state index in [4.69, 9.17) is 4.74 Å². The predicted octanol–water partition coefficient (Wildman–Crippen LogP) is 5.26. The number of hydrogen-bond acceptors (Lipinski definition) is 3. The summed E-state index contributed by atoms with van der Waals surface area (Å²) in [6.07, 6.45) is 6.52. The second kappa shape index (κ2) is 9.30. The molecule has 3 atom stereocenters. The van der Waals surface area contributed by atoms with Crippen LogP contribution >= 0.6 is 0 Å². The molecule has 3 unspecified atom stereocenters. The minimum Gasteiger partial charge on any atom is -0.497 e. The monoisotopic (exact) mass is 457 g/mol. The Hall–Kier alpha value is -3.05. The Balaban J connectivity index is 0.00000117. The Labute approximate surface area is 202 Å². The van der Waals surface area contributed by atoms with E-state index in [1.165, 1.54) is 33.2 Å². The number of nitrogens with zero attached hydrogens (tertiary/aromatic N) is 2. The summed E-state index contributed by atoms with van der Waals surface area (Å²) in [5.74, 6) is 1.04. The summed E-state index contributed by atoms with van der Waals surface area (Å²) < 4.78 is 5.46. The van der Waals surface area contributed by atoms with Gasteiger partial charge in [0.25, 0.3) is 0 Å². The first-order valence-electron chi connectivity index (χ1n) is 12.6. The van der Waals surface area contributed by atoms with Crippen LogP contribution in [-0.4, -0.2) is 53.0 Å². The van der Waals surface area contributed by atoms with Gasteiger partial charge in [-0.15, -0.1) is 0 Å². The third-order valence-corrected chi connectivity index (χ3v) is 7.56. The number of nitrogens with one attached hydrogen (secondary N) is 1. The molecule has 0 saturated carbocycles. The number of carbonyl (C=O) groups excluding carboxylic acids is 1. The number of benzene rings is 2. The van der Waals surface area contributed by atoms with E-state index in [0.29, 0.717) is 6.04 Å². The Morgan fingerprint density at radius 3 is 2.74 bits per heavy atom. The number of ether oxygens (including phenoxy) is 1. The molecule has 1 aliphatic carbocycles. The number of fused-ring (bicyclic) bond motifs is 2. The lowest BCUT2D eigenvalue weighted by Crippen LogP contribution is -2.55. The molecule has 2 aromatic carbocycles. The Morgan fingerprint density at radius 2 is 2.00 bits per heavy atom. The molecular formula is C29H35N3O2. The minimum absolute atomic E-state index is 0.106. The summed E-state index contributed by atoms with van der Waals surface area (Å²) in [7, 11) is 1.71. The summed E-state index contributed by atoms with van der Waals surface area (Å²) >= 11 is 0. The number of methoxy groups -OCH3 is 1. The Kier molecular flexibility index (Phi) is 6.22. The molecule has 2 aliphatic heterocycles. The third kappa shape index (κ3) is 3.82. The smallest absolute Gasteiger partial charge is 0.231 e. The van der Waals surface area contributed by atoms with Crippen LogP contribution in [0.4, 0.5) is 0 Å². The molecule has 0 bridgehead atoms. The second-order valence-corrected chi connectivity index (χ2v) is 9.44. The zero-order valence-electron chi connectivity index (χ0n) is 20.7. The largest absolute Gasteiger partial charge is 0.497 e. The SMILES string of the molecule is CC.COc1cccc(CN2CC(C(=O)N3CCC3C)C=C3c4cccc5[nH]cc(c45)CC32)c1. The van der Waals surface area contributed by atoms with E-state index >= 15 is 0 Å². The zero-order chi connectivity index (χ0) is 23.8. The van der Waals surface area contributed by atoms with E-state index in [-0.39, 0.29) is 17.9 Å². The first kappa shape index (κ1) is 22.7. The van der Waals surface area contributed by atoms with Crippen LogP contribution in [0.3, 0.4) is 0 Å². The number of likely N-dealkylation sites (tertiary alicyclic amines) is 1. The summed E-state index contributed by atoms with van der Waals surface area (Å²) in [6.45, 7) is 8.59. The van der Waals surface area contributed by atoms with Crippen LogP contribution in [0.25, 0.3) is 16.5 Å². The van der Waals surface area contributed by atoms with Gasteiger partial charge in [-0.3, -0.25) is 9.69 Å². The predicted molar refractivity (Wildman–Crippen MR) is 138 cm³/mol. The number of H-pyrrole nitrogens is 1. The Morgan fingerprint density at radius 1 is 1.18 bits per heavy atom. The summed E-state index contributed by atoms with van der Waals surface area (Å²) in [5.41, 5.74) is 6.35. The number of hydrogen-bond donors (Lipinski definition) is 1. The van der Waals surface area contributed by atoms with Gasteiger partial charge in [0.15, 0.2) is 0 Å². The highest BCUT2D eigenvalue weighted by Gasteiger charge is 2.40. The fourth-order valence-corrected chi connectivity index (χ4v) is 5.72. The van der Waals surface area contributed by atoms with Crippen molar-refractivity contribution in [2.45, 2.75) is 52.2 Å². The molecule has 0 spiro atoms. The molecule has 1 N–H and O–H groups in total. The maximum atomic E-state index is 13.4. The highest BCUT2D eigenvalue weighted by atomic mass is 16.5. The molecule has 5 heteroatoms. The van der Waals surface area contributed by atoms with Gasteiger partial charge in [0.05, 0.1) is 13.0 Å². The van der Waals surface area contributed by atoms with Crippen LogP contribution in [0.15, 0.2) is 54.7 Å². The van der Waals surface area contributed by atoms with Gasteiger partial charge in [-0.1, -0.05) is 44.2 Å². The van der Waals surface area contributed by atoms with Gasteiger partial charge < -0.3 is 14.6 Å². The lowest BCUT2D eigenvalue weighted by molar-refractivity contribution is -0.142. The maximum absolute atomic E-state index is 13.4. The molecule has 5 nitrogen and oxygen atoms in total. The topological polar surface area (TPSA) is 48.6 Å². The van der Waals surface area contributed by atoms with Crippen molar-refractivity contribution in [2.75, 3.05) is 20.2 Å². The van der Waals surface area contributed by atoms with Gasteiger partial charge >= 0.3 is 0 Å². The van der Waals surface area contributed by atoms with Crippen molar-refractivity contribution in [1.29, 1.82) is 0 Å². The van der Waals surface area contributed by atoms with Crippen LogP contribution < -0.4 is 4.74 Å². The van der Waals surface area contributed by atoms with Gasteiger partial charge in [-0.2, -0.15) is 0 Å². The second-order valence-electron chi connectivity index (χ2n) is 9.44. The van der Waals surface area contributed by atoms with Crippen molar-refractivity contribution in [3.63, 3.8) is 0 Å². The third-order valence-electron chi connectivity index (χ3n) is 7.56. The number of aromatic amines is 1. The van der Waals surface area contributed by atoms with Gasteiger partial charge in [0.2, 0.25) is 5.91 Å². The standard InChI is InChI=1S/C27H29N3O2.C2H6/c1-17-9-10-30(17)27(31)20-12-23-22-7-4-8-24-26(22)19(14-28-24)13-25(23)29(16-20)15-18-5-3-6-21(11-18)32-2;1-2/h3-8,11-12,14,17,20,25,28H,9-10,13,15-16H2,1-2H3;1-2H3. The molecule has 0 radical (unpaired) electrons. The van der Waals surface area contributed by atoms with E-state index in [9.17, 15) is 4.79 Å². The van der Waals surface area contributed by atoms with Crippen LogP contribution in [0.1, 0.15) is 43.9 Å². The summed E-state index contributed by atoms with van der Waals surface area (Å²) in [5, 5.41) is 1.32. The van der Waals surface area contributed by atoms with Crippen molar-refractivity contribution in [3.8, 4) is 5.75 Å². The molecule has 6 rings (SSSR count). The molecule has 1 fully saturated rings. The lowest BCUT2D eigenvalue weighted by atomic mass is 9.79. The maximum Gasteiger partial charge on any atom is 0.231 e. The van der Waals surface area contributed by atoms with Gasteiger partial charge in [0.1, 0.15) is 5.75 Å². The number of aromatic nitrogens is 1. The molecule has 34 heavy (non-hydrogen) atoms. The quantitative estimate of drug-likeness (QED) is 0.581. The van der Waals surface area contributed by atoms with E-state index < -0.39 is 0 Å². The van der Waals surface area contributed by atoms with E-state index in [2.05, 4.69) is 64.3 Å². The average Bonchev–Trinajstić information content (AvgIpc) is 3.29. The van der Waals surface area contributed by atoms with Gasteiger partial charge in [0, 0.05) is 48.8 Å². The highest BCUT2D eigenvalue weighted by molar-refractivity contribution is 5.99. The van der Waals surface area contributed by atoms with Crippen molar-refractivity contribution in [2.24, 2.45) is 5.92 Å². The minimum atomic E-state index is -0.106. The molecule has 3 aliphatic rings. The Bertz CT molecular complexity index is 1230. The number of rotatable bonds is 4. The summed E-state index contributed by atoms with van der Waals surface area (Å²) in [6, 6.07) is 15.4. The zero-order valence-corrected chi connectivity index (χ0v) is 20.7. The number of amides is 1. The normalized spacial score (nSPS) is 23.4. The highest BCUT2D eigenvalue weighted by Crippen LogP contribution is 2.42. The lowest BCUT2D eigenvalue weighted by Gasteiger charge is -2.45. The molecule has 1 amide bonds. The first-order valence-corrected chi connectivity index (χ1v) is 12.6. The molecule has 1 aromatic heterocycles. The van der Waals surface area contributed by atoms with Crippen LogP contribution in [0.5, 0.6) is 5.75 Å². The molecule has 3 heterocycles. The van der Waals surface area contributed by atoms with Crippen LogP contribution in [0.2, 0.25) is 0 Å². The van der Waals surface area contributed by atoms with Gasteiger partial charge in [-0.25, -0.2) is 0 Å². The van der Waals surface area contributed by atoms with Crippen molar-refractivity contribution in [3.05, 3.63) is 71.4 Å². The first-order chi connectivity index (χ1) is 16.6. The van der Waals surface area contributed by atoms with Gasteiger partial charge in [-0.05, 0) is 60.2 Å².